The number of anilines is 1. The molecule has 0 saturated heterocycles. The Morgan fingerprint density at radius 3 is 2.93 bits per heavy atom. The minimum atomic E-state index is -0.549. The summed E-state index contributed by atoms with van der Waals surface area (Å²) in [7, 11) is 1.37. The van der Waals surface area contributed by atoms with Gasteiger partial charge in [-0.2, -0.15) is 0 Å². The minimum absolute atomic E-state index is 0.107. The maximum Gasteiger partial charge on any atom is 0.236 e. The number of nitrogens with two attached hydrogens (primary N) is 1. The van der Waals surface area contributed by atoms with Crippen molar-refractivity contribution >= 4 is 11.6 Å². The summed E-state index contributed by atoms with van der Waals surface area (Å²) >= 11 is 0. The Labute approximate surface area is 80.9 Å². The molecule has 76 valence electrons. The average Bonchev–Trinajstić information content (AvgIpc) is 2.16. The standard InChI is InChI=1S/C9H11FN2O2/c1-14-7-4-2-3-6(9(7)10)12-5-8(11)13/h2-4,12H,5H2,1H3,(H2,11,13). The number of amides is 1. The van der Waals surface area contributed by atoms with E-state index < -0.39 is 11.7 Å². The molecule has 0 aliphatic heterocycles. The molecule has 0 heterocycles. The lowest BCUT2D eigenvalue weighted by Crippen LogP contribution is -2.22. The van der Waals surface area contributed by atoms with Crippen LogP contribution in [-0.2, 0) is 4.79 Å². The number of rotatable bonds is 4. The molecule has 1 amide bonds. The van der Waals surface area contributed by atoms with Gasteiger partial charge in [0.05, 0.1) is 19.3 Å². The van der Waals surface area contributed by atoms with Crippen molar-refractivity contribution in [2.45, 2.75) is 0 Å². The second-order valence-corrected chi connectivity index (χ2v) is 2.64. The van der Waals surface area contributed by atoms with Crippen molar-refractivity contribution in [1.82, 2.24) is 0 Å². The molecule has 1 aromatic carbocycles. The molecule has 0 fully saturated rings. The fourth-order valence-electron chi connectivity index (χ4n) is 0.987. The lowest BCUT2D eigenvalue weighted by Gasteiger charge is -2.07. The molecule has 4 nitrogen and oxygen atoms in total. The Morgan fingerprint density at radius 1 is 1.64 bits per heavy atom. The molecular formula is C9H11FN2O2. The van der Waals surface area contributed by atoms with Gasteiger partial charge in [0, 0.05) is 0 Å². The molecule has 0 unspecified atom stereocenters. The molecule has 3 N–H and O–H groups in total. The summed E-state index contributed by atoms with van der Waals surface area (Å²) in [5.74, 6) is -0.956. The van der Waals surface area contributed by atoms with Gasteiger partial charge in [-0.15, -0.1) is 0 Å². The van der Waals surface area contributed by atoms with Crippen molar-refractivity contribution in [3.05, 3.63) is 24.0 Å². The van der Waals surface area contributed by atoms with Crippen LogP contribution in [0.3, 0.4) is 0 Å². The lowest BCUT2D eigenvalue weighted by atomic mass is 10.3. The highest BCUT2D eigenvalue weighted by Crippen LogP contribution is 2.23. The first-order valence-electron chi connectivity index (χ1n) is 4.00. The van der Waals surface area contributed by atoms with Crippen molar-refractivity contribution in [3.8, 4) is 5.75 Å². The molecule has 0 atom stereocenters. The number of halogens is 1. The smallest absolute Gasteiger partial charge is 0.236 e. The van der Waals surface area contributed by atoms with E-state index in [9.17, 15) is 9.18 Å². The van der Waals surface area contributed by atoms with Gasteiger partial charge in [-0.25, -0.2) is 4.39 Å². The van der Waals surface area contributed by atoms with Crippen LogP contribution >= 0.6 is 0 Å². The molecule has 0 radical (unpaired) electrons. The highest BCUT2D eigenvalue weighted by Gasteiger charge is 2.07. The Balaban J connectivity index is 2.81. The quantitative estimate of drug-likeness (QED) is 0.749. The van der Waals surface area contributed by atoms with Gasteiger partial charge in [0.2, 0.25) is 5.91 Å². The van der Waals surface area contributed by atoms with Gasteiger partial charge in [-0.1, -0.05) is 6.07 Å². The van der Waals surface area contributed by atoms with E-state index in [4.69, 9.17) is 10.5 Å². The van der Waals surface area contributed by atoms with E-state index in [1.807, 2.05) is 0 Å². The summed E-state index contributed by atoms with van der Waals surface area (Å²) in [5, 5.41) is 2.56. The molecular weight excluding hydrogens is 187 g/mol. The van der Waals surface area contributed by atoms with Crippen molar-refractivity contribution in [2.24, 2.45) is 5.73 Å². The van der Waals surface area contributed by atoms with E-state index in [2.05, 4.69) is 5.32 Å². The van der Waals surface area contributed by atoms with Crippen LogP contribution in [0.15, 0.2) is 18.2 Å². The average molecular weight is 198 g/mol. The van der Waals surface area contributed by atoms with E-state index in [1.54, 1.807) is 6.07 Å². The van der Waals surface area contributed by atoms with E-state index in [0.717, 1.165) is 0 Å². The Morgan fingerprint density at radius 2 is 2.36 bits per heavy atom. The maximum absolute atomic E-state index is 13.4. The zero-order chi connectivity index (χ0) is 10.6. The van der Waals surface area contributed by atoms with Crippen LogP contribution in [0.25, 0.3) is 0 Å². The number of methoxy groups -OCH3 is 1. The summed E-state index contributed by atoms with van der Waals surface area (Å²) in [6.07, 6.45) is 0. The molecule has 5 heteroatoms. The van der Waals surface area contributed by atoms with E-state index in [1.165, 1.54) is 19.2 Å². The summed E-state index contributed by atoms with van der Waals surface area (Å²) in [4.78, 5) is 10.4. The number of hydrogen-bond donors (Lipinski definition) is 2. The summed E-state index contributed by atoms with van der Waals surface area (Å²) < 4.78 is 18.1. The fourth-order valence-corrected chi connectivity index (χ4v) is 0.987. The normalized spacial score (nSPS) is 9.57. The maximum atomic E-state index is 13.4. The van der Waals surface area contributed by atoms with Gasteiger partial charge in [0.1, 0.15) is 0 Å². The fraction of sp³-hybridized carbons (Fsp3) is 0.222. The number of carbonyl (C=O) groups excluding carboxylic acids is 1. The predicted molar refractivity (Wildman–Crippen MR) is 50.6 cm³/mol. The second kappa shape index (κ2) is 4.45. The zero-order valence-electron chi connectivity index (χ0n) is 7.71. The highest BCUT2D eigenvalue weighted by atomic mass is 19.1. The largest absolute Gasteiger partial charge is 0.494 e. The second-order valence-electron chi connectivity index (χ2n) is 2.64. The third-order valence-corrected chi connectivity index (χ3v) is 1.64. The first kappa shape index (κ1) is 10.3. The van der Waals surface area contributed by atoms with Gasteiger partial charge in [-0.05, 0) is 12.1 Å². The Kier molecular flexibility index (Phi) is 3.28. The van der Waals surface area contributed by atoms with Crippen LogP contribution in [0.1, 0.15) is 0 Å². The van der Waals surface area contributed by atoms with Gasteiger partial charge < -0.3 is 15.8 Å². The summed E-state index contributed by atoms with van der Waals surface area (Å²) in [5.41, 5.74) is 5.10. The highest BCUT2D eigenvalue weighted by molar-refractivity contribution is 5.78. The van der Waals surface area contributed by atoms with Gasteiger partial charge in [0.15, 0.2) is 11.6 Å². The van der Waals surface area contributed by atoms with Gasteiger partial charge >= 0.3 is 0 Å². The monoisotopic (exact) mass is 198 g/mol. The van der Waals surface area contributed by atoms with E-state index >= 15 is 0 Å². The van der Waals surface area contributed by atoms with E-state index in [-0.39, 0.29) is 18.0 Å². The first-order valence-corrected chi connectivity index (χ1v) is 4.00. The Hall–Kier alpha value is -1.78. The molecule has 0 spiro atoms. The number of benzene rings is 1. The van der Waals surface area contributed by atoms with Crippen LogP contribution in [0.4, 0.5) is 10.1 Å². The number of hydrogen-bond acceptors (Lipinski definition) is 3. The first-order chi connectivity index (χ1) is 6.65. The lowest BCUT2D eigenvalue weighted by molar-refractivity contribution is -0.116. The van der Waals surface area contributed by atoms with Crippen LogP contribution in [0.2, 0.25) is 0 Å². The predicted octanol–water partition coefficient (Wildman–Crippen LogP) is 0.731. The van der Waals surface area contributed by atoms with Gasteiger partial charge in [0.25, 0.3) is 0 Å². The van der Waals surface area contributed by atoms with Crippen molar-refractivity contribution in [1.29, 1.82) is 0 Å². The van der Waals surface area contributed by atoms with Crippen LogP contribution in [-0.4, -0.2) is 19.6 Å². The topological polar surface area (TPSA) is 64.3 Å². The van der Waals surface area contributed by atoms with Gasteiger partial charge in [-0.3, -0.25) is 4.79 Å². The molecule has 1 rings (SSSR count). The molecule has 0 saturated carbocycles. The number of primary amides is 1. The van der Waals surface area contributed by atoms with Crippen LogP contribution in [0, 0.1) is 5.82 Å². The number of ether oxygens (including phenoxy) is 1. The summed E-state index contributed by atoms with van der Waals surface area (Å²) in [6.45, 7) is -0.107. The molecule has 14 heavy (non-hydrogen) atoms. The number of carbonyl (C=O) groups is 1. The SMILES string of the molecule is COc1cccc(NCC(N)=O)c1F. The Bertz CT molecular complexity index is 342. The molecule has 1 aromatic rings. The zero-order valence-corrected chi connectivity index (χ0v) is 7.71. The minimum Gasteiger partial charge on any atom is -0.494 e. The third-order valence-electron chi connectivity index (χ3n) is 1.64. The molecule has 0 aromatic heterocycles. The van der Waals surface area contributed by atoms with Crippen molar-refractivity contribution in [3.63, 3.8) is 0 Å². The molecule has 0 aliphatic carbocycles. The molecule has 0 bridgehead atoms. The molecule has 0 aliphatic rings. The van der Waals surface area contributed by atoms with Crippen molar-refractivity contribution in [2.75, 3.05) is 19.0 Å². The summed E-state index contributed by atoms with van der Waals surface area (Å²) in [6, 6.07) is 4.61. The van der Waals surface area contributed by atoms with Crippen molar-refractivity contribution < 1.29 is 13.9 Å². The number of nitrogens with one attached hydrogen (secondary N) is 1. The van der Waals surface area contributed by atoms with Crippen LogP contribution < -0.4 is 15.8 Å². The third kappa shape index (κ3) is 2.35. The van der Waals surface area contributed by atoms with E-state index in [0.29, 0.717) is 0 Å². The van der Waals surface area contributed by atoms with Crippen LogP contribution in [0.5, 0.6) is 5.75 Å².